The number of rotatable bonds is 0. The minimum atomic E-state index is 0.906. The van der Waals surface area contributed by atoms with Crippen molar-refractivity contribution in [3.05, 3.63) is 0 Å². The lowest BCUT2D eigenvalue weighted by atomic mass is 9.99. The van der Waals surface area contributed by atoms with Crippen molar-refractivity contribution in [2.24, 2.45) is 5.92 Å². The zero-order valence-electron chi connectivity index (χ0n) is 8.00. The standard InChI is InChI=1S/C11H19N/c1-8-5-6-10-7-9-3-2-4-11(9)12(8)10/h8-11H,2-7H2,1H3/t8-,9+,10+,11+/m1/s1. The van der Waals surface area contributed by atoms with Gasteiger partial charge in [-0.05, 0) is 44.9 Å². The highest BCUT2D eigenvalue weighted by molar-refractivity contribution is 5.02. The van der Waals surface area contributed by atoms with Gasteiger partial charge in [0, 0.05) is 18.1 Å². The second kappa shape index (κ2) is 2.47. The van der Waals surface area contributed by atoms with Crippen molar-refractivity contribution in [3.63, 3.8) is 0 Å². The van der Waals surface area contributed by atoms with E-state index in [9.17, 15) is 0 Å². The van der Waals surface area contributed by atoms with Gasteiger partial charge in [-0.2, -0.15) is 0 Å². The molecule has 0 N–H and O–H groups in total. The van der Waals surface area contributed by atoms with Crippen LogP contribution in [-0.2, 0) is 0 Å². The maximum absolute atomic E-state index is 2.86. The molecule has 2 aliphatic heterocycles. The molecule has 4 atom stereocenters. The van der Waals surface area contributed by atoms with Crippen LogP contribution >= 0.6 is 0 Å². The predicted octanol–water partition coefficient (Wildman–Crippen LogP) is 2.41. The van der Waals surface area contributed by atoms with Crippen LogP contribution in [-0.4, -0.2) is 23.0 Å². The lowest BCUT2D eigenvalue weighted by Crippen LogP contribution is -2.36. The summed E-state index contributed by atoms with van der Waals surface area (Å²) in [5, 5.41) is 0. The predicted molar refractivity (Wildman–Crippen MR) is 50.1 cm³/mol. The van der Waals surface area contributed by atoms with E-state index in [1.54, 1.807) is 0 Å². The Kier molecular flexibility index (Phi) is 1.52. The van der Waals surface area contributed by atoms with Gasteiger partial charge in [0.05, 0.1) is 0 Å². The number of hydrogen-bond donors (Lipinski definition) is 0. The van der Waals surface area contributed by atoms with Gasteiger partial charge in [-0.25, -0.2) is 0 Å². The maximum atomic E-state index is 2.86. The molecule has 0 aromatic heterocycles. The molecule has 0 bridgehead atoms. The van der Waals surface area contributed by atoms with Gasteiger partial charge < -0.3 is 0 Å². The van der Waals surface area contributed by atoms with Crippen LogP contribution in [0.25, 0.3) is 0 Å². The summed E-state index contributed by atoms with van der Waals surface area (Å²) in [6.45, 7) is 2.43. The second-order valence-corrected chi connectivity index (χ2v) is 5.02. The highest BCUT2D eigenvalue weighted by Gasteiger charge is 2.47. The third kappa shape index (κ3) is 0.834. The van der Waals surface area contributed by atoms with E-state index in [2.05, 4.69) is 11.8 Å². The van der Waals surface area contributed by atoms with Gasteiger partial charge in [0.2, 0.25) is 0 Å². The van der Waals surface area contributed by atoms with Gasteiger partial charge >= 0.3 is 0 Å². The molecule has 3 rings (SSSR count). The summed E-state index contributed by atoms with van der Waals surface area (Å²) in [6.07, 6.45) is 9.04. The Morgan fingerprint density at radius 1 is 1.08 bits per heavy atom. The monoisotopic (exact) mass is 165 g/mol. The largest absolute Gasteiger partial charge is 0.294 e. The van der Waals surface area contributed by atoms with Crippen LogP contribution in [0.4, 0.5) is 0 Å². The molecule has 0 radical (unpaired) electrons. The fourth-order valence-electron chi connectivity index (χ4n) is 3.96. The zero-order valence-corrected chi connectivity index (χ0v) is 8.00. The number of nitrogens with zero attached hydrogens (tertiary/aromatic N) is 1. The van der Waals surface area contributed by atoms with Crippen LogP contribution < -0.4 is 0 Å². The molecule has 0 unspecified atom stereocenters. The van der Waals surface area contributed by atoms with E-state index in [1.807, 2.05) is 0 Å². The molecule has 1 aliphatic carbocycles. The fourth-order valence-corrected chi connectivity index (χ4v) is 3.96. The van der Waals surface area contributed by atoms with Crippen molar-refractivity contribution in [1.29, 1.82) is 0 Å². The molecule has 0 aromatic rings. The summed E-state index contributed by atoms with van der Waals surface area (Å²) < 4.78 is 0. The summed E-state index contributed by atoms with van der Waals surface area (Å²) in [5.41, 5.74) is 0. The van der Waals surface area contributed by atoms with Crippen molar-refractivity contribution >= 4 is 0 Å². The minimum Gasteiger partial charge on any atom is -0.294 e. The van der Waals surface area contributed by atoms with Crippen LogP contribution in [0.15, 0.2) is 0 Å². The summed E-state index contributed by atoms with van der Waals surface area (Å²) in [7, 11) is 0. The highest BCUT2D eigenvalue weighted by Crippen LogP contribution is 2.46. The average molecular weight is 165 g/mol. The molecule has 68 valence electrons. The molecule has 2 heterocycles. The van der Waals surface area contributed by atoms with Gasteiger partial charge in [-0.15, -0.1) is 0 Å². The molecule has 1 nitrogen and oxygen atoms in total. The van der Waals surface area contributed by atoms with Crippen LogP contribution in [0.5, 0.6) is 0 Å². The number of fused-ring (bicyclic) bond motifs is 3. The molecule has 0 aromatic carbocycles. The third-order valence-corrected chi connectivity index (χ3v) is 4.42. The molecule has 12 heavy (non-hydrogen) atoms. The van der Waals surface area contributed by atoms with Crippen LogP contribution in [0.2, 0.25) is 0 Å². The average Bonchev–Trinajstić information content (AvgIpc) is 2.61. The van der Waals surface area contributed by atoms with E-state index < -0.39 is 0 Å². The van der Waals surface area contributed by atoms with Crippen molar-refractivity contribution in [1.82, 2.24) is 4.90 Å². The van der Waals surface area contributed by atoms with Crippen LogP contribution in [0.3, 0.4) is 0 Å². The van der Waals surface area contributed by atoms with Crippen molar-refractivity contribution in [3.8, 4) is 0 Å². The van der Waals surface area contributed by atoms with Crippen LogP contribution in [0, 0.1) is 5.92 Å². The SMILES string of the molecule is C[C@@H]1CC[C@H]2C[C@@H]3CCC[C@@H]3N21. The minimum absolute atomic E-state index is 0.906. The number of hydrogen-bond acceptors (Lipinski definition) is 1. The first-order valence-electron chi connectivity index (χ1n) is 5.63. The molecule has 0 amide bonds. The van der Waals surface area contributed by atoms with Crippen molar-refractivity contribution in [2.45, 2.75) is 63.6 Å². The first kappa shape index (κ1) is 7.37. The topological polar surface area (TPSA) is 3.24 Å². The summed E-state index contributed by atoms with van der Waals surface area (Å²) in [6, 6.07) is 2.91. The van der Waals surface area contributed by atoms with Gasteiger partial charge in [0.1, 0.15) is 0 Å². The van der Waals surface area contributed by atoms with E-state index in [1.165, 1.54) is 38.5 Å². The summed E-state index contributed by atoms with van der Waals surface area (Å²) in [4.78, 5) is 2.86. The van der Waals surface area contributed by atoms with E-state index in [0.717, 1.165) is 24.0 Å². The molecular formula is C11H19N. The maximum Gasteiger partial charge on any atom is 0.0130 e. The fraction of sp³-hybridized carbons (Fsp3) is 1.00. The Labute approximate surface area is 75.1 Å². The van der Waals surface area contributed by atoms with Gasteiger partial charge in [-0.1, -0.05) is 6.42 Å². The molecule has 0 spiro atoms. The summed E-state index contributed by atoms with van der Waals surface area (Å²) in [5.74, 6) is 1.10. The van der Waals surface area contributed by atoms with Gasteiger partial charge in [-0.3, -0.25) is 4.90 Å². The van der Waals surface area contributed by atoms with Gasteiger partial charge in [0.15, 0.2) is 0 Å². The Morgan fingerprint density at radius 2 is 2.00 bits per heavy atom. The Hall–Kier alpha value is -0.0400. The smallest absolute Gasteiger partial charge is 0.0130 e. The lowest BCUT2D eigenvalue weighted by Gasteiger charge is -2.27. The Morgan fingerprint density at radius 3 is 2.92 bits per heavy atom. The van der Waals surface area contributed by atoms with E-state index in [4.69, 9.17) is 0 Å². The molecule has 3 aliphatic rings. The normalized spacial score (nSPS) is 52.8. The molecule has 1 heteroatoms. The lowest BCUT2D eigenvalue weighted by molar-refractivity contribution is 0.184. The molecule has 2 saturated heterocycles. The van der Waals surface area contributed by atoms with E-state index in [-0.39, 0.29) is 0 Å². The zero-order chi connectivity index (χ0) is 8.13. The summed E-state index contributed by atoms with van der Waals surface area (Å²) >= 11 is 0. The molecular weight excluding hydrogens is 146 g/mol. The van der Waals surface area contributed by atoms with E-state index >= 15 is 0 Å². The molecule has 3 fully saturated rings. The van der Waals surface area contributed by atoms with E-state index in [0.29, 0.717) is 0 Å². The third-order valence-electron chi connectivity index (χ3n) is 4.42. The Bertz CT molecular complexity index is 189. The first-order chi connectivity index (χ1) is 5.86. The van der Waals surface area contributed by atoms with Crippen molar-refractivity contribution < 1.29 is 0 Å². The first-order valence-corrected chi connectivity index (χ1v) is 5.63. The molecule has 1 saturated carbocycles. The van der Waals surface area contributed by atoms with Crippen molar-refractivity contribution in [2.75, 3.05) is 0 Å². The highest BCUT2D eigenvalue weighted by atomic mass is 15.3. The van der Waals surface area contributed by atoms with Crippen LogP contribution in [0.1, 0.15) is 45.4 Å². The van der Waals surface area contributed by atoms with Gasteiger partial charge in [0.25, 0.3) is 0 Å². The second-order valence-electron chi connectivity index (χ2n) is 5.02. The quantitative estimate of drug-likeness (QED) is 0.533. The Balaban J connectivity index is 1.85.